The van der Waals surface area contributed by atoms with E-state index in [9.17, 15) is 0 Å². The SMILES string of the molecule is Nc1ccc2ncnc(N3CC4CCC(C3)O4)c2c1. The van der Waals surface area contributed by atoms with Crippen molar-refractivity contribution in [3.05, 3.63) is 24.5 Å². The number of hydrogen-bond acceptors (Lipinski definition) is 5. The first-order valence-electron chi connectivity index (χ1n) is 6.70. The number of nitrogens with zero attached hydrogens (tertiary/aromatic N) is 3. The number of ether oxygens (including phenoxy) is 1. The Kier molecular flexibility index (Phi) is 2.35. The molecule has 2 aliphatic heterocycles. The molecule has 1 aromatic heterocycles. The van der Waals surface area contributed by atoms with Crippen molar-refractivity contribution in [3.8, 4) is 0 Å². The number of aromatic nitrogens is 2. The van der Waals surface area contributed by atoms with Crippen molar-refractivity contribution in [2.45, 2.75) is 25.0 Å². The quantitative estimate of drug-likeness (QED) is 0.785. The van der Waals surface area contributed by atoms with Crippen LogP contribution in [0, 0.1) is 0 Å². The summed E-state index contributed by atoms with van der Waals surface area (Å²) in [5, 5.41) is 1.03. The third-order valence-electron chi connectivity index (χ3n) is 3.98. The van der Waals surface area contributed by atoms with E-state index in [1.807, 2.05) is 18.2 Å². The van der Waals surface area contributed by atoms with Gasteiger partial charge in [-0.2, -0.15) is 0 Å². The minimum atomic E-state index is 0.352. The second-order valence-electron chi connectivity index (χ2n) is 5.34. The van der Waals surface area contributed by atoms with E-state index in [1.54, 1.807) is 6.33 Å². The van der Waals surface area contributed by atoms with Crippen molar-refractivity contribution in [1.82, 2.24) is 9.97 Å². The fraction of sp³-hybridized carbons (Fsp3) is 0.429. The van der Waals surface area contributed by atoms with Crippen LogP contribution in [-0.4, -0.2) is 35.3 Å². The van der Waals surface area contributed by atoms with Crippen LogP contribution in [0.5, 0.6) is 0 Å². The van der Waals surface area contributed by atoms with Crippen molar-refractivity contribution >= 4 is 22.4 Å². The number of nitrogen functional groups attached to an aromatic ring is 1. The van der Waals surface area contributed by atoms with Crippen LogP contribution in [0.3, 0.4) is 0 Å². The van der Waals surface area contributed by atoms with Crippen molar-refractivity contribution < 1.29 is 4.74 Å². The summed E-state index contributed by atoms with van der Waals surface area (Å²) in [5.74, 6) is 0.984. The molecular weight excluding hydrogens is 240 g/mol. The van der Waals surface area contributed by atoms with Gasteiger partial charge in [-0.3, -0.25) is 0 Å². The van der Waals surface area contributed by atoms with Crippen molar-refractivity contribution in [1.29, 1.82) is 0 Å². The number of benzene rings is 1. The van der Waals surface area contributed by atoms with E-state index in [0.717, 1.165) is 48.3 Å². The van der Waals surface area contributed by atoms with Gasteiger partial charge in [0.1, 0.15) is 12.1 Å². The lowest BCUT2D eigenvalue weighted by Crippen LogP contribution is -2.43. The van der Waals surface area contributed by atoms with Crippen LogP contribution in [-0.2, 0) is 4.74 Å². The van der Waals surface area contributed by atoms with Gasteiger partial charge in [0, 0.05) is 24.2 Å². The second kappa shape index (κ2) is 4.06. The van der Waals surface area contributed by atoms with E-state index in [-0.39, 0.29) is 0 Å². The summed E-state index contributed by atoms with van der Waals surface area (Å²) in [5.41, 5.74) is 7.58. The largest absolute Gasteiger partial charge is 0.399 e. The maximum absolute atomic E-state index is 5.89. The van der Waals surface area contributed by atoms with Gasteiger partial charge in [0.05, 0.1) is 17.7 Å². The monoisotopic (exact) mass is 256 g/mol. The summed E-state index contributed by atoms with van der Waals surface area (Å²) < 4.78 is 5.88. The molecule has 2 unspecified atom stereocenters. The number of anilines is 2. The van der Waals surface area contributed by atoms with Gasteiger partial charge in [0.2, 0.25) is 0 Å². The maximum Gasteiger partial charge on any atom is 0.140 e. The van der Waals surface area contributed by atoms with E-state index in [4.69, 9.17) is 10.5 Å². The van der Waals surface area contributed by atoms with Gasteiger partial charge in [0.25, 0.3) is 0 Å². The van der Waals surface area contributed by atoms with Crippen LogP contribution in [0.4, 0.5) is 11.5 Å². The highest BCUT2D eigenvalue weighted by atomic mass is 16.5. The van der Waals surface area contributed by atoms with Gasteiger partial charge in [-0.25, -0.2) is 9.97 Å². The molecule has 3 heterocycles. The zero-order valence-corrected chi connectivity index (χ0v) is 10.6. The molecule has 0 aliphatic carbocycles. The van der Waals surface area contributed by atoms with E-state index in [0.29, 0.717) is 12.2 Å². The van der Waals surface area contributed by atoms with E-state index < -0.39 is 0 Å². The Balaban J connectivity index is 1.80. The molecule has 5 nitrogen and oxygen atoms in total. The van der Waals surface area contributed by atoms with Crippen LogP contribution < -0.4 is 10.6 Å². The van der Waals surface area contributed by atoms with Gasteiger partial charge in [-0.15, -0.1) is 0 Å². The maximum atomic E-state index is 5.89. The Morgan fingerprint density at radius 3 is 2.74 bits per heavy atom. The number of fused-ring (bicyclic) bond motifs is 3. The first-order valence-corrected chi connectivity index (χ1v) is 6.70. The minimum Gasteiger partial charge on any atom is -0.399 e. The number of rotatable bonds is 1. The second-order valence-corrected chi connectivity index (χ2v) is 5.34. The molecule has 2 fully saturated rings. The number of morpholine rings is 1. The predicted molar refractivity (Wildman–Crippen MR) is 74.1 cm³/mol. The Morgan fingerprint density at radius 1 is 1.16 bits per heavy atom. The summed E-state index contributed by atoms with van der Waals surface area (Å²) in [6.07, 6.45) is 4.65. The highest BCUT2D eigenvalue weighted by molar-refractivity contribution is 5.91. The summed E-state index contributed by atoms with van der Waals surface area (Å²) >= 11 is 0. The first-order chi connectivity index (χ1) is 9.29. The molecule has 2 bridgehead atoms. The Bertz CT molecular complexity index is 618. The van der Waals surface area contributed by atoms with Crippen LogP contribution in [0.15, 0.2) is 24.5 Å². The molecule has 19 heavy (non-hydrogen) atoms. The zero-order chi connectivity index (χ0) is 12.8. The summed E-state index contributed by atoms with van der Waals surface area (Å²) in [6, 6.07) is 5.79. The molecule has 98 valence electrons. The highest BCUT2D eigenvalue weighted by Crippen LogP contribution is 2.32. The molecule has 2 N–H and O–H groups in total. The molecule has 2 aromatic rings. The van der Waals surface area contributed by atoms with Gasteiger partial charge in [-0.05, 0) is 31.0 Å². The lowest BCUT2D eigenvalue weighted by Gasteiger charge is -2.33. The molecule has 2 saturated heterocycles. The molecule has 2 atom stereocenters. The summed E-state index contributed by atoms with van der Waals surface area (Å²) in [6.45, 7) is 1.83. The molecule has 2 aliphatic rings. The molecular formula is C14H16N4O. The molecule has 0 radical (unpaired) electrons. The molecule has 0 saturated carbocycles. The molecule has 1 aromatic carbocycles. The Morgan fingerprint density at radius 2 is 1.95 bits per heavy atom. The van der Waals surface area contributed by atoms with Crippen molar-refractivity contribution in [2.75, 3.05) is 23.7 Å². The number of hydrogen-bond donors (Lipinski definition) is 1. The third-order valence-corrected chi connectivity index (χ3v) is 3.98. The van der Waals surface area contributed by atoms with E-state index in [1.165, 1.54) is 0 Å². The molecule has 5 heteroatoms. The van der Waals surface area contributed by atoms with E-state index in [2.05, 4.69) is 14.9 Å². The van der Waals surface area contributed by atoms with E-state index >= 15 is 0 Å². The minimum absolute atomic E-state index is 0.352. The fourth-order valence-electron chi connectivity index (χ4n) is 3.10. The van der Waals surface area contributed by atoms with Crippen LogP contribution in [0.25, 0.3) is 10.9 Å². The molecule has 0 amide bonds. The summed E-state index contributed by atoms with van der Waals surface area (Å²) in [4.78, 5) is 11.1. The van der Waals surface area contributed by atoms with Gasteiger partial charge >= 0.3 is 0 Å². The Labute approximate surface area is 111 Å². The smallest absolute Gasteiger partial charge is 0.140 e. The molecule has 0 spiro atoms. The van der Waals surface area contributed by atoms with Crippen molar-refractivity contribution in [2.24, 2.45) is 0 Å². The Hall–Kier alpha value is -1.88. The van der Waals surface area contributed by atoms with Gasteiger partial charge < -0.3 is 15.4 Å². The third kappa shape index (κ3) is 1.81. The number of nitrogens with two attached hydrogens (primary N) is 1. The van der Waals surface area contributed by atoms with Crippen LogP contribution in [0.2, 0.25) is 0 Å². The van der Waals surface area contributed by atoms with Crippen LogP contribution in [0.1, 0.15) is 12.8 Å². The summed E-state index contributed by atoms with van der Waals surface area (Å²) in [7, 11) is 0. The van der Waals surface area contributed by atoms with Gasteiger partial charge in [0.15, 0.2) is 0 Å². The van der Waals surface area contributed by atoms with Gasteiger partial charge in [-0.1, -0.05) is 0 Å². The highest BCUT2D eigenvalue weighted by Gasteiger charge is 2.34. The zero-order valence-electron chi connectivity index (χ0n) is 10.6. The average molecular weight is 256 g/mol. The molecule has 4 rings (SSSR count). The predicted octanol–water partition coefficient (Wildman–Crippen LogP) is 1.58. The standard InChI is InChI=1S/C14H16N4O/c15-9-1-4-13-12(5-9)14(17-8-16-13)18-6-10-2-3-11(7-18)19-10/h1,4-5,8,10-11H,2-3,6-7,15H2. The fourth-order valence-corrected chi connectivity index (χ4v) is 3.10. The lowest BCUT2D eigenvalue weighted by molar-refractivity contribution is 0.0303. The van der Waals surface area contributed by atoms with Crippen LogP contribution >= 0.6 is 0 Å². The first kappa shape index (κ1) is 11.0. The normalized spacial score (nSPS) is 26.0. The lowest BCUT2D eigenvalue weighted by atomic mass is 10.2. The topological polar surface area (TPSA) is 64.3 Å². The van der Waals surface area contributed by atoms with Crippen molar-refractivity contribution in [3.63, 3.8) is 0 Å². The average Bonchev–Trinajstić information content (AvgIpc) is 2.77.